The fourth-order valence-electron chi connectivity index (χ4n) is 2.50. The maximum Gasteiger partial charge on any atom is 0.416 e. The van der Waals surface area contributed by atoms with Crippen molar-refractivity contribution in [2.24, 2.45) is 0 Å². The summed E-state index contributed by atoms with van der Waals surface area (Å²) in [4.78, 5) is 12.0. The van der Waals surface area contributed by atoms with Crippen LogP contribution in [0, 0.1) is 0 Å². The van der Waals surface area contributed by atoms with Crippen LogP contribution < -0.4 is 14.8 Å². The SMILES string of the molecule is O=C(Cc1cccc(C(F)(F)F)c1)NC[C@H]1COc2ccccc2O1. The van der Waals surface area contributed by atoms with E-state index in [-0.39, 0.29) is 25.0 Å². The van der Waals surface area contributed by atoms with Crippen LogP contribution in [0.3, 0.4) is 0 Å². The van der Waals surface area contributed by atoms with Gasteiger partial charge in [-0.15, -0.1) is 0 Å². The molecule has 0 fully saturated rings. The number of hydrogen-bond donors (Lipinski definition) is 1. The molecule has 7 heteroatoms. The summed E-state index contributed by atoms with van der Waals surface area (Å²) in [6.45, 7) is 0.507. The fourth-order valence-corrected chi connectivity index (χ4v) is 2.50. The lowest BCUT2D eigenvalue weighted by Crippen LogP contribution is -2.41. The van der Waals surface area contributed by atoms with Crippen molar-refractivity contribution in [3.63, 3.8) is 0 Å². The number of para-hydroxylation sites is 2. The van der Waals surface area contributed by atoms with Crippen molar-refractivity contribution < 1.29 is 27.4 Å². The Bertz CT molecular complexity index is 761. The van der Waals surface area contributed by atoms with Crippen LogP contribution in [-0.2, 0) is 17.4 Å². The molecule has 0 saturated heterocycles. The van der Waals surface area contributed by atoms with Crippen LogP contribution in [0.25, 0.3) is 0 Å². The predicted octanol–water partition coefficient (Wildman–Crippen LogP) is 3.20. The van der Waals surface area contributed by atoms with E-state index in [4.69, 9.17) is 9.47 Å². The predicted molar refractivity (Wildman–Crippen MR) is 84.5 cm³/mol. The van der Waals surface area contributed by atoms with Crippen LogP contribution in [0.2, 0.25) is 0 Å². The van der Waals surface area contributed by atoms with Crippen molar-refractivity contribution in [3.05, 3.63) is 59.7 Å². The molecule has 2 aromatic carbocycles. The van der Waals surface area contributed by atoms with Crippen LogP contribution in [0.4, 0.5) is 13.2 Å². The molecule has 1 atom stereocenters. The van der Waals surface area contributed by atoms with Crippen LogP contribution in [0.1, 0.15) is 11.1 Å². The minimum Gasteiger partial charge on any atom is -0.486 e. The minimum absolute atomic E-state index is 0.131. The summed E-state index contributed by atoms with van der Waals surface area (Å²) >= 11 is 0. The number of ether oxygens (including phenoxy) is 2. The van der Waals surface area contributed by atoms with Crippen molar-refractivity contribution >= 4 is 5.91 Å². The number of halogens is 3. The Morgan fingerprint density at radius 1 is 1.12 bits per heavy atom. The number of nitrogens with one attached hydrogen (secondary N) is 1. The Morgan fingerprint density at radius 2 is 1.88 bits per heavy atom. The minimum atomic E-state index is -4.42. The molecule has 0 aromatic heterocycles. The highest BCUT2D eigenvalue weighted by molar-refractivity contribution is 5.78. The van der Waals surface area contributed by atoms with E-state index in [9.17, 15) is 18.0 Å². The molecule has 0 spiro atoms. The Labute approximate surface area is 142 Å². The van der Waals surface area contributed by atoms with Crippen LogP contribution in [-0.4, -0.2) is 25.2 Å². The molecule has 1 aliphatic rings. The average molecular weight is 351 g/mol. The second kappa shape index (κ2) is 7.04. The van der Waals surface area contributed by atoms with Crippen molar-refractivity contribution in [1.29, 1.82) is 0 Å². The topological polar surface area (TPSA) is 47.6 Å². The summed E-state index contributed by atoms with van der Waals surface area (Å²) in [5.41, 5.74) is -0.461. The zero-order chi connectivity index (χ0) is 17.9. The maximum atomic E-state index is 12.7. The van der Waals surface area contributed by atoms with E-state index in [0.717, 1.165) is 12.1 Å². The molecule has 1 N–H and O–H groups in total. The first-order chi connectivity index (χ1) is 11.9. The molecule has 132 valence electrons. The van der Waals surface area contributed by atoms with E-state index in [2.05, 4.69) is 5.32 Å². The van der Waals surface area contributed by atoms with E-state index >= 15 is 0 Å². The van der Waals surface area contributed by atoms with Crippen molar-refractivity contribution in [2.75, 3.05) is 13.2 Å². The van der Waals surface area contributed by atoms with Gasteiger partial charge in [0.25, 0.3) is 0 Å². The summed E-state index contributed by atoms with van der Waals surface area (Å²) in [5, 5.41) is 2.66. The lowest BCUT2D eigenvalue weighted by Gasteiger charge is -2.26. The molecule has 0 saturated carbocycles. The summed E-state index contributed by atoms with van der Waals surface area (Å²) in [5.74, 6) is 0.877. The number of rotatable bonds is 4. The monoisotopic (exact) mass is 351 g/mol. The van der Waals surface area contributed by atoms with Gasteiger partial charge in [-0.25, -0.2) is 0 Å². The lowest BCUT2D eigenvalue weighted by molar-refractivity contribution is -0.137. The molecule has 0 aliphatic carbocycles. The van der Waals surface area contributed by atoms with Crippen molar-refractivity contribution in [3.8, 4) is 11.5 Å². The van der Waals surface area contributed by atoms with Gasteiger partial charge in [-0.05, 0) is 23.8 Å². The van der Waals surface area contributed by atoms with Gasteiger partial charge in [-0.1, -0.05) is 30.3 Å². The fraction of sp³-hybridized carbons (Fsp3) is 0.278. The zero-order valence-electron chi connectivity index (χ0n) is 13.2. The molecule has 4 nitrogen and oxygen atoms in total. The zero-order valence-corrected chi connectivity index (χ0v) is 13.2. The van der Waals surface area contributed by atoms with Gasteiger partial charge in [0, 0.05) is 0 Å². The number of amides is 1. The Morgan fingerprint density at radius 3 is 2.64 bits per heavy atom. The second-order valence-electron chi connectivity index (χ2n) is 5.68. The number of fused-ring (bicyclic) bond motifs is 1. The Hall–Kier alpha value is -2.70. The van der Waals surface area contributed by atoms with E-state index in [0.29, 0.717) is 23.7 Å². The van der Waals surface area contributed by atoms with Gasteiger partial charge in [0.05, 0.1) is 18.5 Å². The number of hydrogen-bond acceptors (Lipinski definition) is 3. The molecule has 3 rings (SSSR count). The molecule has 0 radical (unpaired) electrons. The lowest BCUT2D eigenvalue weighted by atomic mass is 10.1. The molecular formula is C18H16F3NO3. The molecule has 2 aromatic rings. The first-order valence-corrected chi connectivity index (χ1v) is 7.73. The van der Waals surface area contributed by atoms with E-state index < -0.39 is 11.7 Å². The maximum absolute atomic E-state index is 12.7. The molecule has 0 unspecified atom stereocenters. The molecular weight excluding hydrogens is 335 g/mol. The molecule has 1 aliphatic heterocycles. The quantitative estimate of drug-likeness (QED) is 0.920. The largest absolute Gasteiger partial charge is 0.486 e. The Kier molecular flexibility index (Phi) is 4.83. The van der Waals surface area contributed by atoms with Crippen molar-refractivity contribution in [2.45, 2.75) is 18.7 Å². The van der Waals surface area contributed by atoms with Crippen LogP contribution >= 0.6 is 0 Å². The first-order valence-electron chi connectivity index (χ1n) is 7.73. The smallest absolute Gasteiger partial charge is 0.416 e. The van der Waals surface area contributed by atoms with Gasteiger partial charge in [-0.2, -0.15) is 13.2 Å². The van der Waals surface area contributed by atoms with Gasteiger partial charge in [0.2, 0.25) is 5.91 Å². The second-order valence-corrected chi connectivity index (χ2v) is 5.68. The summed E-state index contributed by atoms with van der Waals surface area (Å²) < 4.78 is 49.3. The van der Waals surface area contributed by atoms with Gasteiger partial charge in [0.15, 0.2) is 11.5 Å². The van der Waals surface area contributed by atoms with Gasteiger partial charge < -0.3 is 14.8 Å². The third-order valence-electron chi connectivity index (χ3n) is 3.71. The number of alkyl halides is 3. The normalized spacial score (nSPS) is 16.4. The highest BCUT2D eigenvalue weighted by Crippen LogP contribution is 2.31. The summed E-state index contributed by atoms with van der Waals surface area (Å²) in [6.07, 6.45) is -4.90. The average Bonchev–Trinajstić information content (AvgIpc) is 2.59. The van der Waals surface area contributed by atoms with E-state index in [1.54, 1.807) is 12.1 Å². The van der Waals surface area contributed by atoms with Gasteiger partial charge in [0.1, 0.15) is 12.7 Å². The van der Waals surface area contributed by atoms with Crippen LogP contribution in [0.15, 0.2) is 48.5 Å². The Balaban J connectivity index is 1.52. The third-order valence-corrected chi connectivity index (χ3v) is 3.71. The van der Waals surface area contributed by atoms with Crippen LogP contribution in [0.5, 0.6) is 11.5 Å². The number of benzene rings is 2. The number of carbonyl (C=O) groups is 1. The third kappa shape index (κ3) is 4.43. The highest BCUT2D eigenvalue weighted by atomic mass is 19.4. The molecule has 1 amide bonds. The summed E-state index contributed by atoms with van der Waals surface area (Å²) in [7, 11) is 0. The molecule has 1 heterocycles. The standard InChI is InChI=1S/C18H16F3NO3/c19-18(20,21)13-5-3-4-12(8-13)9-17(23)22-10-14-11-24-15-6-1-2-7-16(15)25-14/h1-8,14H,9-11H2,(H,22,23)/t14-/m0/s1. The van der Waals surface area contributed by atoms with E-state index in [1.807, 2.05) is 12.1 Å². The number of carbonyl (C=O) groups excluding carboxylic acids is 1. The van der Waals surface area contributed by atoms with Crippen molar-refractivity contribution in [1.82, 2.24) is 5.32 Å². The first kappa shape index (κ1) is 17.1. The van der Waals surface area contributed by atoms with E-state index in [1.165, 1.54) is 12.1 Å². The summed E-state index contributed by atoms with van der Waals surface area (Å²) in [6, 6.07) is 12.0. The molecule has 25 heavy (non-hydrogen) atoms. The van der Waals surface area contributed by atoms with Gasteiger partial charge in [-0.3, -0.25) is 4.79 Å². The molecule has 0 bridgehead atoms. The highest BCUT2D eigenvalue weighted by Gasteiger charge is 2.30. The van der Waals surface area contributed by atoms with Gasteiger partial charge >= 0.3 is 6.18 Å².